The van der Waals surface area contributed by atoms with Crippen LogP contribution in [-0.4, -0.2) is 41.8 Å². The Hall–Kier alpha value is -6.30. The first-order valence-corrected chi connectivity index (χ1v) is 35.2. The summed E-state index contributed by atoms with van der Waals surface area (Å²) < 4.78 is 14.5. The molecule has 0 saturated heterocycles. The molecule has 0 unspecified atom stereocenters. The van der Waals surface area contributed by atoms with Crippen LogP contribution in [0.2, 0.25) is 0 Å². The monoisotopic (exact) mass is 1240 g/mol. The molecule has 0 radical (unpaired) electrons. The molecular formula is C78H122N6O6+2. The van der Waals surface area contributed by atoms with E-state index in [0.29, 0.717) is 6.04 Å². The van der Waals surface area contributed by atoms with Crippen molar-refractivity contribution in [3.8, 4) is 17.1 Å². The summed E-state index contributed by atoms with van der Waals surface area (Å²) in [6.07, 6.45) is 67.8. The molecule has 498 valence electrons. The van der Waals surface area contributed by atoms with Crippen LogP contribution < -0.4 is 18.8 Å². The van der Waals surface area contributed by atoms with Gasteiger partial charge in [-0.05, 0) is 180 Å². The molecule has 9 rings (SSSR count). The topological polar surface area (TPSA) is 141 Å². The van der Waals surface area contributed by atoms with Crippen LogP contribution in [0.5, 0.6) is 0 Å². The number of rotatable bonds is 6. The van der Waals surface area contributed by atoms with Crippen molar-refractivity contribution < 1.29 is 43.4 Å². The lowest BCUT2D eigenvalue weighted by Gasteiger charge is -2.17. The minimum atomic E-state index is -1.08. The maximum atomic E-state index is 9.00. The summed E-state index contributed by atoms with van der Waals surface area (Å²) in [6.45, 7) is 22.8. The average molecular weight is 1240 g/mol. The highest BCUT2D eigenvalue weighted by Crippen LogP contribution is 2.29. The fourth-order valence-electron chi connectivity index (χ4n) is 14.2. The zero-order valence-electron chi connectivity index (χ0n) is 58.4. The molecule has 3 saturated carbocycles. The number of nitrogens with zero attached hydrogens (tertiary/aromatic N) is 6. The van der Waals surface area contributed by atoms with Gasteiger partial charge in [-0.15, -0.1) is 0 Å². The first-order chi connectivity index (χ1) is 43.1. The summed E-state index contributed by atoms with van der Waals surface area (Å²) in [6, 6.07) is 15.7. The van der Waals surface area contributed by atoms with Gasteiger partial charge in [0, 0.05) is 19.8 Å². The lowest BCUT2D eigenvalue weighted by molar-refractivity contribution is -0.724. The van der Waals surface area contributed by atoms with Gasteiger partial charge in [-0.1, -0.05) is 188 Å². The number of hydrogen-bond donors (Lipinski definition) is 2. The van der Waals surface area contributed by atoms with E-state index in [4.69, 9.17) is 29.7 Å². The van der Waals surface area contributed by atoms with Gasteiger partial charge in [-0.25, -0.2) is 27.4 Å². The summed E-state index contributed by atoms with van der Waals surface area (Å²) >= 11 is 0. The number of imidazole rings is 3. The van der Waals surface area contributed by atoms with Gasteiger partial charge in [-0.3, -0.25) is 9.59 Å². The Morgan fingerprint density at radius 3 is 0.967 bits per heavy atom. The second-order valence-electron chi connectivity index (χ2n) is 26.8. The largest absolute Gasteiger partial charge is 0.550 e. The molecule has 90 heavy (non-hydrogen) atoms. The van der Waals surface area contributed by atoms with Crippen LogP contribution in [0.3, 0.4) is 0 Å². The van der Waals surface area contributed by atoms with Gasteiger partial charge in [0.25, 0.3) is 18.3 Å². The molecule has 0 aliphatic heterocycles. The molecule has 3 aromatic carbocycles. The van der Waals surface area contributed by atoms with E-state index < -0.39 is 17.9 Å². The van der Waals surface area contributed by atoms with Crippen molar-refractivity contribution in [3.63, 3.8) is 0 Å². The number of aromatic nitrogens is 6. The molecule has 0 spiro atoms. The van der Waals surface area contributed by atoms with Crippen LogP contribution in [0, 0.1) is 62.3 Å². The molecule has 3 fully saturated rings. The van der Waals surface area contributed by atoms with Gasteiger partial charge in [-0.2, -0.15) is 0 Å². The third kappa shape index (κ3) is 29.3. The van der Waals surface area contributed by atoms with Crippen LogP contribution in [0.25, 0.3) is 17.1 Å². The minimum Gasteiger partial charge on any atom is -0.550 e. The number of carbonyl (C=O) groups is 3. The third-order valence-corrected chi connectivity index (χ3v) is 18.1. The van der Waals surface area contributed by atoms with E-state index >= 15 is 0 Å². The maximum absolute atomic E-state index is 9.00. The van der Waals surface area contributed by atoms with E-state index in [9.17, 15) is 0 Å². The predicted molar refractivity (Wildman–Crippen MR) is 367 cm³/mol. The van der Waals surface area contributed by atoms with Crippen LogP contribution in [0.15, 0.2) is 92.6 Å². The Balaban J connectivity index is 0.000000265. The molecular weight excluding hydrogens is 1120 g/mol. The molecule has 2 N–H and O–H groups in total. The molecule has 12 nitrogen and oxygen atoms in total. The molecule has 0 amide bonds. The Kier molecular flexibility index (Phi) is 36.1. The van der Waals surface area contributed by atoms with Crippen molar-refractivity contribution >= 4 is 17.9 Å². The zero-order chi connectivity index (χ0) is 65.8. The molecule has 3 aliphatic carbocycles. The van der Waals surface area contributed by atoms with Crippen molar-refractivity contribution in [2.45, 2.75) is 313 Å². The molecule has 6 aromatic rings. The summed E-state index contributed by atoms with van der Waals surface area (Å²) in [5.74, 6) is -2.75. The highest BCUT2D eigenvalue weighted by Gasteiger charge is 2.23. The number of aryl methyl sites for hydroxylation is 9. The molecule has 12 heteroatoms. The Labute approximate surface area is 545 Å². The molecule has 3 aliphatic rings. The van der Waals surface area contributed by atoms with E-state index in [2.05, 4.69) is 182 Å². The second-order valence-corrected chi connectivity index (χ2v) is 26.8. The van der Waals surface area contributed by atoms with Crippen molar-refractivity contribution in [1.82, 2.24) is 13.7 Å². The minimum absolute atomic E-state index is 0.668. The van der Waals surface area contributed by atoms with Crippen LogP contribution in [-0.2, 0) is 14.4 Å². The van der Waals surface area contributed by atoms with Crippen LogP contribution in [0.4, 0.5) is 0 Å². The summed E-state index contributed by atoms with van der Waals surface area (Å²) in [4.78, 5) is 26.9. The van der Waals surface area contributed by atoms with Crippen molar-refractivity contribution in [1.29, 1.82) is 0 Å². The fourth-order valence-corrected chi connectivity index (χ4v) is 14.2. The Morgan fingerprint density at radius 1 is 0.378 bits per heavy atom. The smallest absolute Gasteiger partial charge is 0.300 e. The van der Waals surface area contributed by atoms with Gasteiger partial charge < -0.3 is 20.1 Å². The SMILES string of the molecule is CC(=O)O.CC(=O)O.CC(=O)[O-].Cc1cc(C)c(-n2cc[n+](-c3c(C)cc(C)cc3C)c2)c(C)c1.Cc1cc(C)c(-n2cc[n+](C3CCCCCCCCCCC3)c2)c(C)c1.c1c[n+](C2CCCCCCCCCCC2)cn1C1CCCCCCCCCCC1. The van der Waals surface area contributed by atoms with E-state index in [1.54, 1.807) is 0 Å². The van der Waals surface area contributed by atoms with E-state index in [1.165, 1.54) is 279 Å². The number of benzene rings is 3. The first kappa shape index (κ1) is 76.2. The molecule has 3 heterocycles. The molecule has 3 aromatic heterocycles. The number of carboxylic acid groups (broad SMARTS) is 3. The highest BCUT2D eigenvalue weighted by atomic mass is 16.4. The lowest BCUT2D eigenvalue weighted by atomic mass is 9.97. The van der Waals surface area contributed by atoms with E-state index in [0.717, 1.165) is 32.9 Å². The highest BCUT2D eigenvalue weighted by molar-refractivity contribution is 5.63. The van der Waals surface area contributed by atoms with Crippen molar-refractivity contribution in [2.24, 2.45) is 0 Å². The Bertz CT molecular complexity index is 2760. The quantitative estimate of drug-likeness (QED) is 0.159. The molecule has 0 bridgehead atoms. The fraction of sp³-hybridized carbons (Fsp3) is 0.615. The average Bonchev–Trinajstić information content (AvgIpc) is 1.94. The summed E-state index contributed by atoms with van der Waals surface area (Å²) in [7, 11) is 0. The number of aliphatic carboxylic acids is 3. The maximum Gasteiger partial charge on any atom is 0.300 e. The van der Waals surface area contributed by atoms with Gasteiger partial charge >= 0.3 is 0 Å². The third-order valence-electron chi connectivity index (χ3n) is 18.1. The lowest BCUT2D eigenvalue weighted by Crippen LogP contribution is -2.37. The summed E-state index contributed by atoms with van der Waals surface area (Å²) in [5, 5.41) is 23.7. The number of carbonyl (C=O) groups excluding carboxylic acids is 1. The van der Waals surface area contributed by atoms with E-state index in [1.807, 2.05) is 0 Å². The normalized spacial score (nSPS) is 16.7. The first-order valence-electron chi connectivity index (χ1n) is 35.2. The van der Waals surface area contributed by atoms with Crippen LogP contribution in [0.1, 0.15) is 301 Å². The van der Waals surface area contributed by atoms with Gasteiger partial charge in [0.15, 0.2) is 0 Å². The second kappa shape index (κ2) is 42.7. The zero-order valence-corrected chi connectivity index (χ0v) is 58.4. The predicted octanol–water partition coefficient (Wildman–Crippen LogP) is 18.5. The summed E-state index contributed by atoms with van der Waals surface area (Å²) in [5.41, 5.74) is 15.8. The van der Waals surface area contributed by atoms with Gasteiger partial charge in [0.2, 0.25) is 12.7 Å². The Morgan fingerprint density at radius 2 is 0.633 bits per heavy atom. The molecule has 0 atom stereocenters. The van der Waals surface area contributed by atoms with Crippen molar-refractivity contribution in [2.75, 3.05) is 0 Å². The van der Waals surface area contributed by atoms with Crippen molar-refractivity contribution in [3.05, 3.63) is 143 Å². The van der Waals surface area contributed by atoms with E-state index in [-0.39, 0.29) is 0 Å². The standard InChI is InChI=1S/C27H49N2.C24H37N2.C21H25N2.3C2H4O2/c1-3-7-11-15-19-26(20-16-12-8-4-1)28-23-24-29(25-28)27-21-17-13-9-5-2-6-10-14-18-22-27;1-20-17-21(2)24(22(3)18-20)26-16-15-25(19-26)23-13-11-9-7-5-4-6-8-10-12-14-23;1-14-9-16(3)20(17(4)10-14)22-7-8-23(13-22)21-18(5)11-15(2)12-19(21)6;3*1-2(3)4/h23-27H,1-22H2;15-19,23H,4-14H2,1-3H3;7-13H,1-6H3;3*1H3,(H,3,4)/q3*+1;;;/p-1. The number of hydrogen-bond acceptors (Lipinski definition) is 4. The number of carboxylic acids is 3. The van der Waals surface area contributed by atoms with Gasteiger partial charge in [0.1, 0.15) is 72.4 Å². The van der Waals surface area contributed by atoms with Gasteiger partial charge in [0.05, 0.1) is 0 Å². The van der Waals surface area contributed by atoms with Crippen LogP contribution >= 0.6 is 0 Å².